The lowest BCUT2D eigenvalue weighted by Crippen LogP contribution is -2.33. The van der Waals surface area contributed by atoms with Crippen LogP contribution >= 0.6 is 11.6 Å². The second-order valence-corrected chi connectivity index (χ2v) is 5.38. The molecule has 4 heteroatoms. The fourth-order valence-electron chi connectivity index (χ4n) is 1.92. The summed E-state index contributed by atoms with van der Waals surface area (Å²) >= 11 is 5.65. The van der Waals surface area contributed by atoms with Crippen molar-refractivity contribution in [2.45, 2.75) is 32.2 Å². The maximum absolute atomic E-state index is 13.3. The Morgan fingerprint density at radius 2 is 2.06 bits per heavy atom. The van der Waals surface area contributed by atoms with Crippen LogP contribution in [0, 0.1) is 11.7 Å². The molecule has 1 fully saturated rings. The van der Waals surface area contributed by atoms with Crippen LogP contribution in [0.1, 0.15) is 26.7 Å². The van der Waals surface area contributed by atoms with Crippen LogP contribution < -0.4 is 11.1 Å². The van der Waals surface area contributed by atoms with Crippen LogP contribution in [-0.2, 0) is 0 Å². The third-order valence-corrected chi connectivity index (χ3v) is 3.44. The van der Waals surface area contributed by atoms with Crippen molar-refractivity contribution in [1.82, 2.24) is 0 Å². The number of halogens is 2. The second-order valence-electron chi connectivity index (χ2n) is 4.97. The van der Waals surface area contributed by atoms with Crippen molar-refractivity contribution >= 4 is 23.0 Å². The zero-order valence-electron chi connectivity index (χ0n) is 9.48. The normalized spacial score (nSPS) is 16.2. The average molecular weight is 243 g/mol. The molecule has 0 bridgehead atoms. The summed E-state index contributed by atoms with van der Waals surface area (Å²) in [6.07, 6.45) is 2.44. The Bertz CT molecular complexity index is 414. The maximum atomic E-state index is 13.3. The van der Waals surface area contributed by atoms with Gasteiger partial charge in [0.25, 0.3) is 0 Å². The second kappa shape index (κ2) is 3.81. The lowest BCUT2D eigenvalue weighted by molar-refractivity contribution is 0.494. The quantitative estimate of drug-likeness (QED) is 0.794. The van der Waals surface area contributed by atoms with E-state index in [0.717, 1.165) is 0 Å². The molecule has 0 atom stereocenters. The van der Waals surface area contributed by atoms with Crippen LogP contribution in [-0.4, -0.2) is 5.54 Å². The van der Waals surface area contributed by atoms with Gasteiger partial charge in [-0.1, -0.05) is 11.6 Å². The molecule has 1 aromatic carbocycles. The van der Waals surface area contributed by atoms with E-state index in [1.165, 1.54) is 25.0 Å². The smallest absolute Gasteiger partial charge is 0.143 e. The van der Waals surface area contributed by atoms with Gasteiger partial charge in [0.2, 0.25) is 0 Å². The maximum Gasteiger partial charge on any atom is 0.143 e. The van der Waals surface area contributed by atoms with Crippen LogP contribution in [0.4, 0.5) is 15.8 Å². The van der Waals surface area contributed by atoms with Crippen molar-refractivity contribution in [3.05, 3.63) is 23.0 Å². The molecule has 1 aliphatic carbocycles. The van der Waals surface area contributed by atoms with Gasteiger partial charge >= 0.3 is 0 Å². The lowest BCUT2D eigenvalue weighted by Gasteiger charge is -2.28. The van der Waals surface area contributed by atoms with Gasteiger partial charge in [-0.05, 0) is 38.7 Å². The van der Waals surface area contributed by atoms with E-state index in [2.05, 4.69) is 19.2 Å². The minimum absolute atomic E-state index is 0.0472. The largest absolute Gasteiger partial charge is 0.397 e. The van der Waals surface area contributed by atoms with Crippen molar-refractivity contribution in [3.63, 3.8) is 0 Å². The highest BCUT2D eigenvalue weighted by molar-refractivity contribution is 6.31. The van der Waals surface area contributed by atoms with E-state index in [1.54, 1.807) is 0 Å². The Balaban J connectivity index is 2.23. The van der Waals surface area contributed by atoms with Gasteiger partial charge in [0.1, 0.15) is 5.82 Å². The van der Waals surface area contributed by atoms with Crippen molar-refractivity contribution in [1.29, 1.82) is 0 Å². The first-order valence-electron chi connectivity index (χ1n) is 5.43. The zero-order chi connectivity index (χ0) is 11.9. The van der Waals surface area contributed by atoms with E-state index in [1.807, 2.05) is 0 Å². The van der Waals surface area contributed by atoms with Crippen molar-refractivity contribution in [2.24, 2.45) is 5.92 Å². The first kappa shape index (κ1) is 11.5. The summed E-state index contributed by atoms with van der Waals surface area (Å²) in [4.78, 5) is 0. The van der Waals surface area contributed by atoms with Gasteiger partial charge in [0, 0.05) is 11.6 Å². The lowest BCUT2D eigenvalue weighted by atomic mass is 9.98. The van der Waals surface area contributed by atoms with Crippen molar-refractivity contribution in [3.8, 4) is 0 Å². The first-order valence-corrected chi connectivity index (χ1v) is 5.80. The molecule has 1 aliphatic rings. The summed E-state index contributed by atoms with van der Waals surface area (Å²) in [6.45, 7) is 4.22. The van der Waals surface area contributed by atoms with Gasteiger partial charge in [0.05, 0.1) is 16.4 Å². The monoisotopic (exact) mass is 242 g/mol. The standard InChI is InChI=1S/C12H16ClFN2/c1-12(2,7-3-4-7)16-11-6-9(14)8(13)5-10(11)15/h5-7,16H,3-4,15H2,1-2H3. The number of rotatable bonds is 3. The third-order valence-electron chi connectivity index (χ3n) is 3.15. The Morgan fingerprint density at radius 3 is 2.62 bits per heavy atom. The number of nitrogens with one attached hydrogen (secondary N) is 1. The third kappa shape index (κ3) is 2.24. The number of nitrogen functional groups attached to an aromatic ring is 1. The Hall–Kier alpha value is -0.960. The number of anilines is 2. The predicted molar refractivity (Wildman–Crippen MR) is 66.2 cm³/mol. The van der Waals surface area contributed by atoms with Crippen LogP contribution in [0.2, 0.25) is 5.02 Å². The van der Waals surface area contributed by atoms with Gasteiger partial charge in [0.15, 0.2) is 0 Å². The van der Waals surface area contributed by atoms with E-state index in [0.29, 0.717) is 17.3 Å². The van der Waals surface area contributed by atoms with E-state index < -0.39 is 5.82 Å². The SMILES string of the molecule is CC(C)(Nc1cc(F)c(Cl)cc1N)C1CC1. The van der Waals surface area contributed by atoms with E-state index >= 15 is 0 Å². The summed E-state index contributed by atoms with van der Waals surface area (Å²) in [5.41, 5.74) is 6.87. The average Bonchev–Trinajstić information content (AvgIpc) is 2.96. The van der Waals surface area contributed by atoms with Crippen LogP contribution in [0.5, 0.6) is 0 Å². The highest BCUT2D eigenvalue weighted by atomic mass is 35.5. The van der Waals surface area contributed by atoms with Gasteiger partial charge in [-0.15, -0.1) is 0 Å². The zero-order valence-corrected chi connectivity index (χ0v) is 10.2. The fraction of sp³-hybridized carbons (Fsp3) is 0.500. The van der Waals surface area contributed by atoms with Crippen LogP contribution in [0.15, 0.2) is 12.1 Å². The molecule has 3 N–H and O–H groups in total. The van der Waals surface area contributed by atoms with Crippen molar-refractivity contribution in [2.75, 3.05) is 11.1 Å². The Kier molecular flexibility index (Phi) is 2.74. The molecule has 0 saturated heterocycles. The molecule has 0 heterocycles. The Morgan fingerprint density at radius 1 is 1.44 bits per heavy atom. The molecule has 0 aromatic heterocycles. The minimum atomic E-state index is -0.440. The first-order chi connectivity index (χ1) is 7.40. The number of hydrogen-bond acceptors (Lipinski definition) is 2. The van der Waals surface area contributed by atoms with Gasteiger partial charge in [-0.3, -0.25) is 0 Å². The topological polar surface area (TPSA) is 38.0 Å². The molecule has 0 amide bonds. The summed E-state index contributed by atoms with van der Waals surface area (Å²) in [5, 5.41) is 3.36. The van der Waals surface area contributed by atoms with Crippen LogP contribution in [0.3, 0.4) is 0 Å². The van der Waals surface area contributed by atoms with Crippen molar-refractivity contribution < 1.29 is 4.39 Å². The van der Waals surface area contributed by atoms with Gasteiger partial charge in [-0.2, -0.15) is 0 Å². The molecule has 2 rings (SSSR count). The van der Waals surface area contributed by atoms with E-state index in [9.17, 15) is 4.39 Å². The van der Waals surface area contributed by atoms with E-state index in [-0.39, 0.29) is 10.6 Å². The van der Waals surface area contributed by atoms with E-state index in [4.69, 9.17) is 17.3 Å². The summed E-state index contributed by atoms with van der Waals surface area (Å²) < 4.78 is 13.3. The highest BCUT2D eigenvalue weighted by Gasteiger charge is 2.37. The number of benzene rings is 1. The molecule has 2 nitrogen and oxygen atoms in total. The number of nitrogens with two attached hydrogens (primary N) is 1. The molecule has 0 radical (unpaired) electrons. The molecular formula is C12H16ClFN2. The summed E-state index contributed by atoms with van der Waals surface area (Å²) in [7, 11) is 0. The molecule has 0 unspecified atom stereocenters. The highest BCUT2D eigenvalue weighted by Crippen LogP contribution is 2.42. The molecule has 1 aromatic rings. The summed E-state index contributed by atoms with van der Waals surface area (Å²) in [6, 6.07) is 2.81. The van der Waals surface area contributed by atoms with Crippen LogP contribution in [0.25, 0.3) is 0 Å². The summed E-state index contributed by atoms with van der Waals surface area (Å²) in [5.74, 6) is 0.204. The Labute approximate surface area is 100.0 Å². The molecule has 1 saturated carbocycles. The molecule has 88 valence electrons. The molecule has 0 aliphatic heterocycles. The predicted octanol–water partition coefficient (Wildman–Crippen LogP) is 3.66. The molecule has 16 heavy (non-hydrogen) atoms. The fourth-order valence-corrected chi connectivity index (χ4v) is 2.10. The number of hydrogen-bond donors (Lipinski definition) is 2. The molecular weight excluding hydrogens is 227 g/mol. The van der Waals surface area contributed by atoms with Gasteiger partial charge in [-0.25, -0.2) is 4.39 Å². The minimum Gasteiger partial charge on any atom is -0.397 e. The molecule has 0 spiro atoms. The van der Waals surface area contributed by atoms with Gasteiger partial charge < -0.3 is 11.1 Å².